The SMILES string of the molecule is N#Cc1ccc(NCC2CSCCS2)c(N)c1. The molecule has 1 aliphatic heterocycles. The van der Waals surface area contributed by atoms with E-state index in [0.29, 0.717) is 16.5 Å². The number of benzene rings is 1. The van der Waals surface area contributed by atoms with Gasteiger partial charge >= 0.3 is 0 Å². The van der Waals surface area contributed by atoms with Crippen LogP contribution in [0.15, 0.2) is 18.2 Å². The molecule has 5 heteroatoms. The summed E-state index contributed by atoms with van der Waals surface area (Å²) in [4.78, 5) is 0. The van der Waals surface area contributed by atoms with Gasteiger partial charge in [-0.3, -0.25) is 0 Å². The van der Waals surface area contributed by atoms with E-state index in [9.17, 15) is 0 Å². The summed E-state index contributed by atoms with van der Waals surface area (Å²) in [5.74, 6) is 3.70. The highest BCUT2D eigenvalue weighted by molar-refractivity contribution is 8.06. The van der Waals surface area contributed by atoms with Crippen molar-refractivity contribution in [1.29, 1.82) is 5.26 Å². The van der Waals surface area contributed by atoms with Crippen LogP contribution in [0.5, 0.6) is 0 Å². The number of hydrogen-bond donors (Lipinski definition) is 2. The highest BCUT2D eigenvalue weighted by Crippen LogP contribution is 2.25. The van der Waals surface area contributed by atoms with E-state index in [2.05, 4.69) is 11.4 Å². The monoisotopic (exact) mass is 265 g/mol. The summed E-state index contributed by atoms with van der Waals surface area (Å²) in [7, 11) is 0. The summed E-state index contributed by atoms with van der Waals surface area (Å²) in [6.07, 6.45) is 0. The molecule has 3 nitrogen and oxygen atoms in total. The summed E-state index contributed by atoms with van der Waals surface area (Å²) < 4.78 is 0. The summed E-state index contributed by atoms with van der Waals surface area (Å²) in [5, 5.41) is 12.8. The zero-order valence-corrected chi connectivity index (χ0v) is 11.1. The van der Waals surface area contributed by atoms with Gasteiger partial charge in [-0.2, -0.15) is 28.8 Å². The van der Waals surface area contributed by atoms with Crippen molar-refractivity contribution in [1.82, 2.24) is 0 Å². The number of nitrogen functional groups attached to an aromatic ring is 1. The van der Waals surface area contributed by atoms with Crippen molar-refractivity contribution in [3.8, 4) is 6.07 Å². The maximum atomic E-state index is 8.75. The van der Waals surface area contributed by atoms with Gasteiger partial charge < -0.3 is 11.1 Å². The predicted octanol–water partition coefficient (Wildman–Crippen LogP) is 2.40. The van der Waals surface area contributed by atoms with Gasteiger partial charge in [0.25, 0.3) is 0 Å². The summed E-state index contributed by atoms with van der Waals surface area (Å²) in [5.41, 5.74) is 8.08. The van der Waals surface area contributed by atoms with Crippen LogP contribution in [0.3, 0.4) is 0 Å². The van der Waals surface area contributed by atoms with Gasteiger partial charge in [-0.15, -0.1) is 0 Å². The molecule has 3 N–H and O–H groups in total. The first-order chi connectivity index (χ1) is 8.29. The molecule has 1 aromatic carbocycles. The molecule has 1 saturated heterocycles. The Kier molecular flexibility index (Phi) is 4.46. The molecule has 90 valence electrons. The van der Waals surface area contributed by atoms with E-state index >= 15 is 0 Å². The lowest BCUT2D eigenvalue weighted by Crippen LogP contribution is -2.23. The van der Waals surface area contributed by atoms with Gasteiger partial charge in [-0.1, -0.05) is 0 Å². The van der Waals surface area contributed by atoms with Gasteiger partial charge in [0, 0.05) is 29.1 Å². The third-order valence-corrected chi connectivity index (χ3v) is 5.43. The minimum absolute atomic E-state index is 0.607. The largest absolute Gasteiger partial charge is 0.397 e. The molecule has 17 heavy (non-hydrogen) atoms. The number of thioether (sulfide) groups is 2. The lowest BCUT2D eigenvalue weighted by Gasteiger charge is -2.22. The number of rotatable bonds is 3. The maximum absolute atomic E-state index is 8.75. The second kappa shape index (κ2) is 6.08. The first-order valence-electron chi connectivity index (χ1n) is 5.52. The number of nitriles is 1. The molecule has 0 aromatic heterocycles. The first-order valence-corrected chi connectivity index (χ1v) is 7.73. The molecular weight excluding hydrogens is 250 g/mol. The topological polar surface area (TPSA) is 61.8 Å². The Morgan fingerprint density at radius 3 is 3.00 bits per heavy atom. The number of nitrogens with two attached hydrogens (primary N) is 1. The second-order valence-corrected chi connectivity index (χ2v) is 6.42. The third kappa shape index (κ3) is 3.48. The number of nitrogens with zero attached hydrogens (tertiary/aromatic N) is 1. The summed E-state index contributed by atoms with van der Waals surface area (Å²) in [6.45, 7) is 0.938. The Labute approximate surface area is 110 Å². The molecule has 2 rings (SSSR count). The highest BCUT2D eigenvalue weighted by Gasteiger charge is 2.14. The fraction of sp³-hybridized carbons (Fsp3) is 0.417. The standard InChI is InChI=1S/C12H15N3S2/c13-6-9-1-2-12(11(14)5-9)15-7-10-8-16-3-4-17-10/h1-2,5,10,15H,3-4,7-8,14H2. The third-order valence-electron chi connectivity index (χ3n) is 2.59. The Bertz CT molecular complexity index is 422. The van der Waals surface area contributed by atoms with Crippen LogP contribution in [-0.4, -0.2) is 29.1 Å². The van der Waals surface area contributed by atoms with E-state index in [0.717, 1.165) is 12.2 Å². The number of anilines is 2. The van der Waals surface area contributed by atoms with Crippen LogP contribution in [0.1, 0.15) is 5.56 Å². The van der Waals surface area contributed by atoms with E-state index < -0.39 is 0 Å². The van der Waals surface area contributed by atoms with Crippen LogP contribution < -0.4 is 11.1 Å². The van der Waals surface area contributed by atoms with E-state index in [1.54, 1.807) is 12.1 Å². The first kappa shape index (κ1) is 12.5. The Morgan fingerprint density at radius 1 is 1.47 bits per heavy atom. The van der Waals surface area contributed by atoms with E-state index in [1.165, 1.54) is 17.3 Å². The minimum Gasteiger partial charge on any atom is -0.397 e. The van der Waals surface area contributed by atoms with Gasteiger partial charge in [0.1, 0.15) is 0 Å². The number of nitrogens with one attached hydrogen (secondary N) is 1. The highest BCUT2D eigenvalue weighted by atomic mass is 32.2. The minimum atomic E-state index is 0.607. The lowest BCUT2D eigenvalue weighted by atomic mass is 10.2. The molecule has 1 unspecified atom stereocenters. The molecule has 0 radical (unpaired) electrons. The normalized spacial score (nSPS) is 19.6. The van der Waals surface area contributed by atoms with Crippen LogP contribution in [-0.2, 0) is 0 Å². The van der Waals surface area contributed by atoms with Crippen molar-refractivity contribution >= 4 is 34.9 Å². The molecule has 1 atom stereocenters. The molecule has 1 aliphatic rings. The van der Waals surface area contributed by atoms with Crippen molar-refractivity contribution in [2.45, 2.75) is 5.25 Å². The van der Waals surface area contributed by atoms with Gasteiger partial charge in [0.15, 0.2) is 0 Å². The number of hydrogen-bond acceptors (Lipinski definition) is 5. The Hall–Kier alpha value is -0.990. The molecule has 1 aromatic rings. The summed E-state index contributed by atoms with van der Waals surface area (Å²) in [6, 6.07) is 7.48. The zero-order chi connectivity index (χ0) is 12.1. The molecule has 0 bridgehead atoms. The average molecular weight is 265 g/mol. The second-order valence-electron chi connectivity index (χ2n) is 3.86. The summed E-state index contributed by atoms with van der Waals surface area (Å²) >= 11 is 4.03. The van der Waals surface area contributed by atoms with Crippen LogP contribution in [0.4, 0.5) is 11.4 Å². The average Bonchev–Trinajstić information content (AvgIpc) is 2.38. The lowest BCUT2D eigenvalue weighted by molar-refractivity contribution is 1.01. The molecule has 0 spiro atoms. The molecule has 1 heterocycles. The van der Waals surface area contributed by atoms with E-state index in [4.69, 9.17) is 11.0 Å². The zero-order valence-electron chi connectivity index (χ0n) is 9.48. The maximum Gasteiger partial charge on any atom is 0.0992 e. The van der Waals surface area contributed by atoms with E-state index in [-0.39, 0.29) is 0 Å². The molecule has 0 amide bonds. The molecule has 1 fully saturated rings. The van der Waals surface area contributed by atoms with Crippen LogP contribution >= 0.6 is 23.5 Å². The van der Waals surface area contributed by atoms with Crippen molar-refractivity contribution < 1.29 is 0 Å². The van der Waals surface area contributed by atoms with Crippen LogP contribution in [0, 0.1) is 11.3 Å². The van der Waals surface area contributed by atoms with Crippen molar-refractivity contribution in [2.24, 2.45) is 0 Å². The van der Waals surface area contributed by atoms with Gasteiger partial charge in [0.2, 0.25) is 0 Å². The predicted molar refractivity (Wildman–Crippen MR) is 77.6 cm³/mol. The van der Waals surface area contributed by atoms with E-state index in [1.807, 2.05) is 29.6 Å². The fourth-order valence-electron chi connectivity index (χ4n) is 1.67. The Morgan fingerprint density at radius 2 is 2.35 bits per heavy atom. The van der Waals surface area contributed by atoms with Crippen LogP contribution in [0.2, 0.25) is 0 Å². The quantitative estimate of drug-likeness (QED) is 0.822. The fourth-order valence-corrected chi connectivity index (χ4v) is 4.28. The van der Waals surface area contributed by atoms with Gasteiger partial charge in [-0.05, 0) is 18.2 Å². The van der Waals surface area contributed by atoms with Crippen LogP contribution in [0.25, 0.3) is 0 Å². The van der Waals surface area contributed by atoms with Gasteiger partial charge in [0.05, 0.1) is 23.0 Å². The van der Waals surface area contributed by atoms with Crippen molar-refractivity contribution in [3.63, 3.8) is 0 Å². The molecule has 0 saturated carbocycles. The molecular formula is C12H15N3S2. The smallest absolute Gasteiger partial charge is 0.0992 e. The van der Waals surface area contributed by atoms with Gasteiger partial charge in [-0.25, -0.2) is 0 Å². The van der Waals surface area contributed by atoms with Crippen molar-refractivity contribution in [3.05, 3.63) is 23.8 Å². The Balaban J connectivity index is 1.92. The van der Waals surface area contributed by atoms with Crippen molar-refractivity contribution in [2.75, 3.05) is 34.9 Å². The molecule has 0 aliphatic carbocycles.